The van der Waals surface area contributed by atoms with E-state index >= 15 is 0 Å². The number of carbonyl (C=O) groups is 1. The first-order valence-corrected chi connectivity index (χ1v) is 10.6. The van der Waals surface area contributed by atoms with E-state index in [0.29, 0.717) is 29.5 Å². The second kappa shape index (κ2) is 12.2. The lowest BCUT2D eigenvalue weighted by Gasteiger charge is -2.14. The Kier molecular flexibility index (Phi) is 8.72. The molecule has 3 rings (SSSR count). The molecule has 0 spiro atoms. The van der Waals surface area contributed by atoms with E-state index in [2.05, 4.69) is 21.5 Å². The van der Waals surface area contributed by atoms with Gasteiger partial charge in [0.2, 0.25) is 0 Å². The number of benzene rings is 3. The molecule has 0 unspecified atom stereocenters. The van der Waals surface area contributed by atoms with Crippen molar-refractivity contribution in [2.24, 2.45) is 0 Å². The molecule has 3 aromatic rings. The van der Waals surface area contributed by atoms with Crippen LogP contribution in [0.25, 0.3) is 0 Å². The SMILES string of the molecule is COc1ccc(OC)c(CCNC(=S)NNC(=O)Nc2ccc(Oc3ccccc3)cc2)c1. The molecule has 4 N–H and O–H groups in total. The smallest absolute Gasteiger partial charge is 0.337 e. The lowest BCUT2D eigenvalue weighted by Crippen LogP contribution is -2.48. The van der Waals surface area contributed by atoms with Gasteiger partial charge < -0.3 is 24.8 Å². The minimum Gasteiger partial charge on any atom is -0.497 e. The topological polar surface area (TPSA) is 92.9 Å². The molecule has 0 atom stereocenters. The van der Waals surface area contributed by atoms with Crippen LogP contribution in [0, 0.1) is 0 Å². The van der Waals surface area contributed by atoms with Crippen molar-refractivity contribution < 1.29 is 19.0 Å². The van der Waals surface area contributed by atoms with Gasteiger partial charge in [-0.15, -0.1) is 0 Å². The summed E-state index contributed by atoms with van der Waals surface area (Å²) >= 11 is 5.20. The van der Waals surface area contributed by atoms with Crippen LogP contribution in [0.1, 0.15) is 5.56 Å². The summed E-state index contributed by atoms with van der Waals surface area (Å²) in [5, 5.41) is 6.04. The molecule has 0 aromatic heterocycles. The number of para-hydroxylation sites is 1. The Labute approximate surface area is 198 Å². The summed E-state index contributed by atoms with van der Waals surface area (Å²) in [7, 11) is 3.24. The van der Waals surface area contributed by atoms with Crippen LogP contribution < -0.4 is 35.7 Å². The van der Waals surface area contributed by atoms with E-state index in [1.165, 1.54) is 0 Å². The van der Waals surface area contributed by atoms with Crippen molar-refractivity contribution in [3.8, 4) is 23.0 Å². The minimum absolute atomic E-state index is 0.290. The number of thiocarbonyl (C=S) groups is 1. The van der Waals surface area contributed by atoms with E-state index < -0.39 is 6.03 Å². The highest BCUT2D eigenvalue weighted by atomic mass is 32.1. The molecule has 0 aliphatic heterocycles. The van der Waals surface area contributed by atoms with Crippen molar-refractivity contribution in [1.82, 2.24) is 16.2 Å². The predicted octanol–water partition coefficient (Wildman–Crippen LogP) is 4.24. The van der Waals surface area contributed by atoms with Crippen molar-refractivity contribution in [3.63, 3.8) is 0 Å². The number of amides is 2. The summed E-state index contributed by atoms with van der Waals surface area (Å²) in [4.78, 5) is 12.1. The first-order chi connectivity index (χ1) is 16.1. The van der Waals surface area contributed by atoms with Crippen LogP contribution in [0.2, 0.25) is 0 Å². The summed E-state index contributed by atoms with van der Waals surface area (Å²) in [6.45, 7) is 0.543. The molecule has 172 valence electrons. The zero-order valence-electron chi connectivity index (χ0n) is 18.4. The number of hydrazine groups is 1. The summed E-state index contributed by atoms with van der Waals surface area (Å²) in [6.07, 6.45) is 0.659. The summed E-state index contributed by atoms with van der Waals surface area (Å²) in [6, 6.07) is 21.7. The number of hydrogen-bond donors (Lipinski definition) is 4. The van der Waals surface area contributed by atoms with Crippen molar-refractivity contribution in [3.05, 3.63) is 78.4 Å². The molecule has 2 amide bonds. The van der Waals surface area contributed by atoms with Gasteiger partial charge in [0, 0.05) is 12.2 Å². The molecule has 0 saturated carbocycles. The Hall–Kier alpha value is -3.98. The highest BCUT2D eigenvalue weighted by Gasteiger charge is 2.07. The van der Waals surface area contributed by atoms with Gasteiger partial charge in [0.25, 0.3) is 0 Å². The Morgan fingerprint density at radius 2 is 1.55 bits per heavy atom. The number of carbonyl (C=O) groups excluding carboxylic acids is 1. The lowest BCUT2D eigenvalue weighted by molar-refractivity contribution is 0.250. The number of methoxy groups -OCH3 is 2. The Balaban J connectivity index is 1.38. The number of rotatable bonds is 8. The van der Waals surface area contributed by atoms with Gasteiger partial charge in [-0.2, -0.15) is 0 Å². The van der Waals surface area contributed by atoms with E-state index in [1.54, 1.807) is 38.5 Å². The fourth-order valence-electron chi connectivity index (χ4n) is 2.94. The Morgan fingerprint density at radius 3 is 2.24 bits per heavy atom. The van der Waals surface area contributed by atoms with Crippen molar-refractivity contribution >= 4 is 29.0 Å². The second-order valence-corrected chi connectivity index (χ2v) is 7.24. The van der Waals surface area contributed by atoms with Crippen LogP contribution in [-0.4, -0.2) is 31.9 Å². The minimum atomic E-state index is -0.453. The van der Waals surface area contributed by atoms with Crippen LogP contribution >= 0.6 is 12.2 Å². The number of ether oxygens (including phenoxy) is 3. The van der Waals surface area contributed by atoms with Crippen molar-refractivity contribution in [2.75, 3.05) is 26.1 Å². The standard InChI is InChI=1S/C24H26N4O4S/c1-30-21-12-13-22(31-2)17(16-21)14-15-25-24(33)28-27-23(29)26-18-8-10-20(11-9-18)32-19-6-4-3-5-7-19/h3-13,16H,14-15H2,1-2H3,(H2,25,28,33)(H2,26,27,29). The fourth-order valence-corrected chi connectivity index (χ4v) is 3.09. The molecular formula is C24H26N4O4S. The van der Waals surface area contributed by atoms with Gasteiger partial charge in [-0.05, 0) is 78.8 Å². The third-order valence-electron chi connectivity index (χ3n) is 4.55. The average Bonchev–Trinajstić information content (AvgIpc) is 2.84. The first kappa shape index (κ1) is 23.7. The van der Waals surface area contributed by atoms with Gasteiger partial charge in [0.15, 0.2) is 5.11 Å². The van der Waals surface area contributed by atoms with E-state index in [4.69, 9.17) is 26.4 Å². The summed E-state index contributed by atoms with van der Waals surface area (Å²) in [5.74, 6) is 2.94. The molecule has 0 aliphatic rings. The molecule has 0 aliphatic carbocycles. The van der Waals surface area contributed by atoms with Crippen LogP contribution in [0.15, 0.2) is 72.8 Å². The lowest BCUT2D eigenvalue weighted by atomic mass is 10.1. The van der Waals surface area contributed by atoms with E-state index in [1.807, 2.05) is 48.5 Å². The van der Waals surface area contributed by atoms with Gasteiger partial charge in [-0.25, -0.2) is 10.2 Å². The van der Waals surface area contributed by atoms with Gasteiger partial charge in [-0.1, -0.05) is 18.2 Å². The van der Waals surface area contributed by atoms with Crippen LogP contribution in [0.3, 0.4) is 0 Å². The number of anilines is 1. The summed E-state index contributed by atoms with van der Waals surface area (Å²) in [5.41, 5.74) is 6.75. The molecule has 9 heteroatoms. The quantitative estimate of drug-likeness (QED) is 0.291. The van der Waals surface area contributed by atoms with Gasteiger partial charge in [0.1, 0.15) is 23.0 Å². The number of nitrogens with one attached hydrogen (secondary N) is 4. The maximum absolute atomic E-state index is 12.1. The first-order valence-electron chi connectivity index (χ1n) is 10.2. The van der Waals surface area contributed by atoms with Gasteiger partial charge in [-0.3, -0.25) is 5.43 Å². The number of hydrogen-bond acceptors (Lipinski definition) is 5. The second-order valence-electron chi connectivity index (χ2n) is 6.83. The molecular weight excluding hydrogens is 440 g/mol. The highest BCUT2D eigenvalue weighted by molar-refractivity contribution is 7.80. The van der Waals surface area contributed by atoms with Crippen molar-refractivity contribution in [1.29, 1.82) is 0 Å². The Morgan fingerprint density at radius 1 is 0.848 bits per heavy atom. The fraction of sp³-hybridized carbons (Fsp3) is 0.167. The van der Waals surface area contributed by atoms with E-state index in [0.717, 1.165) is 22.8 Å². The normalized spacial score (nSPS) is 10.0. The largest absolute Gasteiger partial charge is 0.497 e. The maximum Gasteiger partial charge on any atom is 0.337 e. The van der Waals surface area contributed by atoms with Crippen LogP contribution in [0.4, 0.5) is 10.5 Å². The molecule has 0 fully saturated rings. The zero-order chi connectivity index (χ0) is 23.5. The monoisotopic (exact) mass is 466 g/mol. The average molecular weight is 467 g/mol. The van der Waals surface area contributed by atoms with Crippen LogP contribution in [0.5, 0.6) is 23.0 Å². The van der Waals surface area contributed by atoms with Gasteiger partial charge in [0.05, 0.1) is 14.2 Å². The molecule has 0 heterocycles. The highest BCUT2D eigenvalue weighted by Crippen LogP contribution is 2.24. The predicted molar refractivity (Wildman–Crippen MR) is 132 cm³/mol. The third-order valence-corrected chi connectivity index (χ3v) is 4.79. The third kappa shape index (κ3) is 7.58. The van der Waals surface area contributed by atoms with Crippen molar-refractivity contribution in [2.45, 2.75) is 6.42 Å². The van der Waals surface area contributed by atoms with Crippen LogP contribution in [-0.2, 0) is 6.42 Å². The molecule has 0 bridgehead atoms. The molecule has 8 nitrogen and oxygen atoms in total. The molecule has 3 aromatic carbocycles. The zero-order valence-corrected chi connectivity index (χ0v) is 19.2. The summed E-state index contributed by atoms with van der Waals surface area (Å²) < 4.78 is 16.4. The number of urea groups is 1. The molecule has 0 saturated heterocycles. The Bertz CT molecular complexity index is 1060. The maximum atomic E-state index is 12.1. The van der Waals surface area contributed by atoms with Gasteiger partial charge >= 0.3 is 6.03 Å². The van der Waals surface area contributed by atoms with E-state index in [9.17, 15) is 4.79 Å². The molecule has 33 heavy (non-hydrogen) atoms. The van der Waals surface area contributed by atoms with E-state index in [-0.39, 0.29) is 0 Å². The molecule has 0 radical (unpaired) electrons.